The van der Waals surface area contributed by atoms with E-state index in [9.17, 15) is 14.9 Å². The lowest BCUT2D eigenvalue weighted by Gasteiger charge is -2.14. The van der Waals surface area contributed by atoms with E-state index in [1.165, 1.54) is 16.8 Å². The lowest BCUT2D eigenvalue weighted by molar-refractivity contribution is -0.384. The molecule has 2 amide bonds. The summed E-state index contributed by atoms with van der Waals surface area (Å²) < 4.78 is 1.50. The monoisotopic (exact) mass is 470 g/mol. The van der Waals surface area contributed by atoms with E-state index in [0.717, 1.165) is 23.2 Å². The van der Waals surface area contributed by atoms with Crippen molar-refractivity contribution in [1.29, 1.82) is 0 Å². The summed E-state index contributed by atoms with van der Waals surface area (Å²) in [6.45, 7) is 6.01. The number of carbonyl (C=O) groups is 1. The smallest absolute Gasteiger partial charge is 0.308 e. The Morgan fingerprint density at radius 3 is 2.31 bits per heavy atom. The average Bonchev–Trinajstić information content (AvgIpc) is 3.25. The number of benzene rings is 2. The summed E-state index contributed by atoms with van der Waals surface area (Å²) in [4.78, 5) is 27.6. The quantitative estimate of drug-likeness (QED) is 0.277. The van der Waals surface area contributed by atoms with Crippen LogP contribution in [0.1, 0.15) is 37.6 Å². The summed E-state index contributed by atoms with van der Waals surface area (Å²) in [5.74, 6) is 0.405. The molecular formula is C26H26N6O3. The maximum Gasteiger partial charge on any atom is 0.324 e. The number of anilines is 2. The van der Waals surface area contributed by atoms with Gasteiger partial charge in [0, 0.05) is 41.7 Å². The maximum atomic E-state index is 12.8. The molecule has 0 aliphatic heterocycles. The number of nitrogens with one attached hydrogen (secondary N) is 2. The maximum absolute atomic E-state index is 12.8. The van der Waals surface area contributed by atoms with Crippen LogP contribution in [0, 0.1) is 10.1 Å². The number of nitro groups is 1. The molecule has 0 aliphatic carbocycles. The average molecular weight is 471 g/mol. The SMILES string of the molecule is CC(C)(C)c1cc(NC(=O)Nc2ccc(Cc3ccncc3)cc2)n(-c2cccc([N+](=O)[O-])c2)n1. The first-order valence-corrected chi connectivity index (χ1v) is 11.1. The van der Waals surface area contributed by atoms with E-state index in [1.54, 1.807) is 30.6 Å². The number of urea groups is 1. The fourth-order valence-electron chi connectivity index (χ4n) is 3.49. The summed E-state index contributed by atoms with van der Waals surface area (Å²) in [6, 6.07) is 19.0. The molecule has 2 aromatic heterocycles. The summed E-state index contributed by atoms with van der Waals surface area (Å²) in [7, 11) is 0. The Labute approximate surface area is 203 Å². The van der Waals surface area contributed by atoms with Crippen molar-refractivity contribution in [3.63, 3.8) is 0 Å². The van der Waals surface area contributed by atoms with Gasteiger partial charge in [-0.3, -0.25) is 20.4 Å². The molecule has 4 rings (SSSR count). The van der Waals surface area contributed by atoms with E-state index >= 15 is 0 Å². The molecule has 0 bridgehead atoms. The van der Waals surface area contributed by atoms with Crippen LogP contribution >= 0.6 is 0 Å². The van der Waals surface area contributed by atoms with Crippen molar-refractivity contribution < 1.29 is 9.72 Å². The second-order valence-electron chi connectivity index (χ2n) is 9.16. The van der Waals surface area contributed by atoms with Crippen LogP contribution in [0.4, 0.5) is 22.0 Å². The molecule has 35 heavy (non-hydrogen) atoms. The van der Waals surface area contributed by atoms with Gasteiger partial charge >= 0.3 is 6.03 Å². The number of pyridine rings is 1. The van der Waals surface area contributed by atoms with Crippen molar-refractivity contribution >= 4 is 23.2 Å². The van der Waals surface area contributed by atoms with Crippen molar-refractivity contribution in [1.82, 2.24) is 14.8 Å². The van der Waals surface area contributed by atoms with E-state index in [2.05, 4.69) is 20.7 Å². The summed E-state index contributed by atoms with van der Waals surface area (Å²) in [5, 5.41) is 21.5. The fourth-order valence-corrected chi connectivity index (χ4v) is 3.49. The molecule has 2 N–H and O–H groups in total. The molecule has 0 spiro atoms. The van der Waals surface area contributed by atoms with E-state index in [1.807, 2.05) is 57.2 Å². The molecule has 2 heterocycles. The zero-order valence-corrected chi connectivity index (χ0v) is 19.7. The number of non-ortho nitro benzene ring substituents is 1. The first-order valence-electron chi connectivity index (χ1n) is 11.1. The van der Waals surface area contributed by atoms with E-state index in [4.69, 9.17) is 0 Å². The van der Waals surface area contributed by atoms with Gasteiger partial charge in [0.25, 0.3) is 5.69 Å². The first-order chi connectivity index (χ1) is 16.7. The zero-order valence-electron chi connectivity index (χ0n) is 19.7. The minimum absolute atomic E-state index is 0.0578. The molecule has 9 heteroatoms. The standard InChI is InChI=1S/C26H26N6O3/c1-26(2,3)23-17-24(31(30-23)21-5-4-6-22(16-21)32(34)35)29-25(33)28-20-9-7-18(8-10-20)15-19-11-13-27-14-12-19/h4-14,16-17H,15H2,1-3H3,(H2,28,29,33). The minimum Gasteiger partial charge on any atom is -0.308 e. The van der Waals surface area contributed by atoms with Crippen LogP contribution in [0.3, 0.4) is 0 Å². The van der Waals surface area contributed by atoms with Crippen LogP contribution in [-0.2, 0) is 11.8 Å². The number of nitrogens with zero attached hydrogens (tertiary/aromatic N) is 4. The molecule has 9 nitrogen and oxygen atoms in total. The van der Waals surface area contributed by atoms with Gasteiger partial charge in [-0.05, 0) is 47.9 Å². The van der Waals surface area contributed by atoms with Gasteiger partial charge < -0.3 is 5.32 Å². The molecule has 0 atom stereocenters. The Kier molecular flexibility index (Phi) is 6.59. The molecule has 0 unspecified atom stereocenters. The normalized spacial score (nSPS) is 11.2. The van der Waals surface area contributed by atoms with Crippen LogP contribution < -0.4 is 10.6 Å². The predicted octanol–water partition coefficient (Wildman–Crippen LogP) is 5.71. The second kappa shape index (κ2) is 9.76. The van der Waals surface area contributed by atoms with Crippen molar-refractivity contribution in [2.24, 2.45) is 0 Å². The third-order valence-corrected chi connectivity index (χ3v) is 5.37. The van der Waals surface area contributed by atoms with Crippen LogP contribution in [0.5, 0.6) is 0 Å². The minimum atomic E-state index is -0.462. The predicted molar refractivity (Wildman–Crippen MR) is 135 cm³/mol. The number of rotatable bonds is 6. The molecule has 2 aromatic carbocycles. The molecule has 0 fully saturated rings. The van der Waals surface area contributed by atoms with E-state index in [-0.39, 0.29) is 11.1 Å². The van der Waals surface area contributed by atoms with Gasteiger partial charge in [-0.25, -0.2) is 9.48 Å². The number of hydrogen-bond donors (Lipinski definition) is 2. The highest BCUT2D eigenvalue weighted by Crippen LogP contribution is 2.27. The fraction of sp³-hybridized carbons (Fsp3) is 0.192. The highest BCUT2D eigenvalue weighted by molar-refractivity contribution is 5.99. The second-order valence-corrected chi connectivity index (χ2v) is 9.16. The highest BCUT2D eigenvalue weighted by Gasteiger charge is 2.22. The van der Waals surface area contributed by atoms with Gasteiger partial charge in [0.2, 0.25) is 0 Å². The third-order valence-electron chi connectivity index (χ3n) is 5.37. The van der Waals surface area contributed by atoms with Gasteiger partial charge in [0.15, 0.2) is 0 Å². The Hall–Kier alpha value is -4.53. The molecule has 0 radical (unpaired) electrons. The molecular weight excluding hydrogens is 444 g/mol. The van der Waals surface area contributed by atoms with Crippen LogP contribution in [-0.4, -0.2) is 25.7 Å². The molecule has 0 saturated carbocycles. The molecule has 0 saturated heterocycles. The summed E-state index contributed by atoms with van der Waals surface area (Å²) >= 11 is 0. The van der Waals surface area contributed by atoms with Crippen LogP contribution in [0.25, 0.3) is 5.69 Å². The number of amides is 2. The van der Waals surface area contributed by atoms with Gasteiger partial charge in [0.05, 0.1) is 16.3 Å². The first kappa shape index (κ1) is 23.6. The summed E-state index contributed by atoms with van der Waals surface area (Å²) in [6.07, 6.45) is 4.30. The zero-order chi connectivity index (χ0) is 25.0. The van der Waals surface area contributed by atoms with Crippen LogP contribution in [0.15, 0.2) is 79.1 Å². The number of hydrogen-bond acceptors (Lipinski definition) is 5. The van der Waals surface area contributed by atoms with Gasteiger partial charge in [0.1, 0.15) is 5.82 Å². The van der Waals surface area contributed by atoms with Crippen molar-refractivity contribution in [3.8, 4) is 5.69 Å². The Balaban J connectivity index is 1.52. The van der Waals surface area contributed by atoms with Gasteiger partial charge in [-0.2, -0.15) is 5.10 Å². The lowest BCUT2D eigenvalue weighted by atomic mass is 9.92. The largest absolute Gasteiger partial charge is 0.324 e. The summed E-state index contributed by atoms with van der Waals surface area (Å²) in [5.41, 5.74) is 3.77. The molecule has 178 valence electrons. The van der Waals surface area contributed by atoms with Gasteiger partial charge in [-0.15, -0.1) is 0 Å². The highest BCUT2D eigenvalue weighted by atomic mass is 16.6. The number of carbonyl (C=O) groups excluding carboxylic acids is 1. The Bertz CT molecular complexity index is 1340. The molecule has 0 aliphatic rings. The number of aromatic nitrogens is 3. The molecule has 4 aromatic rings. The third kappa shape index (κ3) is 5.89. The van der Waals surface area contributed by atoms with Crippen molar-refractivity contribution in [3.05, 3.63) is 106 Å². The van der Waals surface area contributed by atoms with Crippen molar-refractivity contribution in [2.45, 2.75) is 32.6 Å². The Morgan fingerprint density at radius 2 is 1.66 bits per heavy atom. The lowest BCUT2D eigenvalue weighted by Crippen LogP contribution is -2.21. The Morgan fingerprint density at radius 1 is 0.971 bits per heavy atom. The number of nitro benzene ring substituents is 1. The van der Waals surface area contributed by atoms with Crippen molar-refractivity contribution in [2.75, 3.05) is 10.6 Å². The van der Waals surface area contributed by atoms with E-state index < -0.39 is 11.0 Å². The van der Waals surface area contributed by atoms with Crippen LogP contribution in [0.2, 0.25) is 0 Å². The van der Waals surface area contributed by atoms with Gasteiger partial charge in [-0.1, -0.05) is 39.0 Å². The topological polar surface area (TPSA) is 115 Å². The van der Waals surface area contributed by atoms with E-state index in [0.29, 0.717) is 17.2 Å².